The number of rotatable bonds is 2. The van der Waals surface area contributed by atoms with Crippen LogP contribution in [0.5, 0.6) is 0 Å². The van der Waals surface area contributed by atoms with E-state index in [1.807, 2.05) is 41.0 Å². The number of fused-ring (bicyclic) bond motifs is 3. The van der Waals surface area contributed by atoms with E-state index in [1.165, 1.54) is 0 Å². The molecule has 0 bridgehead atoms. The van der Waals surface area contributed by atoms with Crippen LogP contribution in [0.2, 0.25) is 0 Å². The zero-order valence-electron chi connectivity index (χ0n) is 11.2. The van der Waals surface area contributed by atoms with Crippen LogP contribution < -0.4 is 16.2 Å². The van der Waals surface area contributed by atoms with Crippen LogP contribution in [0.4, 0.5) is 0 Å². The van der Waals surface area contributed by atoms with E-state index in [1.54, 1.807) is 7.05 Å². The van der Waals surface area contributed by atoms with Crippen molar-refractivity contribution in [2.45, 2.75) is 6.54 Å². The van der Waals surface area contributed by atoms with Gasteiger partial charge in [0.15, 0.2) is 0 Å². The molecule has 0 aliphatic heterocycles. The molecular weight excluding hydrogens is 246 g/mol. The Morgan fingerprint density at radius 3 is 2.00 bits per heavy atom. The number of amides is 1. The van der Waals surface area contributed by atoms with Crippen LogP contribution >= 0.6 is 0 Å². The molecule has 0 unspecified atom stereocenters. The molecule has 3 rings (SSSR count). The van der Waals surface area contributed by atoms with Crippen molar-refractivity contribution in [3.05, 3.63) is 36.4 Å². The first-order valence-electron chi connectivity index (χ1n) is 6.37. The summed E-state index contributed by atoms with van der Waals surface area (Å²) in [5, 5.41) is 4.67. The summed E-state index contributed by atoms with van der Waals surface area (Å²) in [6, 6.07) is 11.4. The van der Waals surface area contributed by atoms with Gasteiger partial charge in [-0.1, -0.05) is 35.2 Å². The van der Waals surface area contributed by atoms with E-state index >= 15 is 0 Å². The van der Waals surface area contributed by atoms with Crippen LogP contribution in [0.1, 0.15) is 0 Å². The Kier molecular flexibility index (Phi) is 3.05. The van der Waals surface area contributed by atoms with Gasteiger partial charge in [-0.25, -0.2) is 0 Å². The SMILES string of the molecule is [B]c1ccc2c(c1)c1cc([B])ccc1n2CC(=O)NC. The van der Waals surface area contributed by atoms with E-state index in [0.29, 0.717) is 10.9 Å². The van der Waals surface area contributed by atoms with Crippen LogP contribution in [0.15, 0.2) is 36.4 Å². The van der Waals surface area contributed by atoms with Crippen molar-refractivity contribution in [1.29, 1.82) is 0 Å². The summed E-state index contributed by atoms with van der Waals surface area (Å²) < 4.78 is 1.97. The number of hydrogen-bond acceptors (Lipinski definition) is 1. The van der Waals surface area contributed by atoms with E-state index in [9.17, 15) is 4.79 Å². The fourth-order valence-corrected chi connectivity index (χ4v) is 2.53. The first-order chi connectivity index (χ1) is 9.60. The molecule has 3 nitrogen and oxygen atoms in total. The van der Waals surface area contributed by atoms with Gasteiger partial charge in [0.05, 0.1) is 0 Å². The zero-order valence-corrected chi connectivity index (χ0v) is 11.2. The van der Waals surface area contributed by atoms with Crippen LogP contribution in [-0.2, 0) is 11.3 Å². The van der Waals surface area contributed by atoms with Crippen molar-refractivity contribution in [2.24, 2.45) is 0 Å². The summed E-state index contributed by atoms with van der Waals surface area (Å²) in [5.41, 5.74) is 3.34. The lowest BCUT2D eigenvalue weighted by molar-refractivity contribution is -0.121. The Hall–Kier alpha value is -2.16. The minimum atomic E-state index is -0.0440. The first kappa shape index (κ1) is 12.9. The topological polar surface area (TPSA) is 34.0 Å². The first-order valence-corrected chi connectivity index (χ1v) is 6.37. The van der Waals surface area contributed by atoms with Crippen molar-refractivity contribution in [3.63, 3.8) is 0 Å². The molecular formula is C15H12B2N2O. The van der Waals surface area contributed by atoms with Crippen molar-refractivity contribution in [1.82, 2.24) is 9.88 Å². The highest BCUT2D eigenvalue weighted by Gasteiger charge is 2.12. The van der Waals surface area contributed by atoms with E-state index < -0.39 is 0 Å². The number of likely N-dealkylation sites (N-methyl/N-ethyl adjacent to an activating group) is 1. The molecule has 0 spiro atoms. The van der Waals surface area contributed by atoms with E-state index in [2.05, 4.69) is 5.32 Å². The zero-order chi connectivity index (χ0) is 14.3. The number of nitrogens with one attached hydrogen (secondary N) is 1. The highest BCUT2D eigenvalue weighted by Crippen LogP contribution is 2.27. The quantitative estimate of drug-likeness (QED) is 0.651. The fraction of sp³-hybridized carbons (Fsp3) is 0.133. The maximum Gasteiger partial charge on any atom is 0.239 e. The Balaban J connectivity index is 2.37. The minimum absolute atomic E-state index is 0.0440. The van der Waals surface area contributed by atoms with Gasteiger partial charge < -0.3 is 9.88 Å². The summed E-state index contributed by atoms with van der Waals surface area (Å²) in [6.07, 6.45) is 0. The summed E-state index contributed by atoms with van der Waals surface area (Å²) in [4.78, 5) is 11.7. The maximum absolute atomic E-state index is 11.7. The number of carbonyl (C=O) groups is 1. The van der Waals surface area contributed by atoms with Crippen LogP contribution in [0, 0.1) is 0 Å². The van der Waals surface area contributed by atoms with Gasteiger partial charge in [-0.3, -0.25) is 4.79 Å². The van der Waals surface area contributed by atoms with Gasteiger partial charge in [-0.15, -0.1) is 0 Å². The molecule has 5 heteroatoms. The Bertz CT molecular complexity index is 764. The second kappa shape index (κ2) is 4.75. The van der Waals surface area contributed by atoms with Gasteiger partial charge in [0, 0.05) is 28.9 Å². The lowest BCUT2D eigenvalue weighted by atomic mass is 9.92. The molecule has 0 atom stereocenters. The standard InChI is InChI=1S/C15H12B2N2O/c1-18-15(20)8-19-13-4-2-9(16)6-11(13)12-7-10(17)3-5-14(12)19/h2-7H,8H2,1H3,(H,18,20). The minimum Gasteiger partial charge on any atom is -0.358 e. The summed E-state index contributed by atoms with van der Waals surface area (Å²) >= 11 is 0. The molecule has 94 valence electrons. The molecule has 2 aromatic carbocycles. The second-order valence-corrected chi connectivity index (χ2v) is 4.81. The lowest BCUT2D eigenvalue weighted by Crippen LogP contribution is -2.23. The highest BCUT2D eigenvalue weighted by atomic mass is 16.1. The molecule has 1 heterocycles. The average molecular weight is 258 g/mol. The third-order valence-electron chi connectivity index (χ3n) is 3.49. The van der Waals surface area contributed by atoms with Crippen molar-refractivity contribution in [2.75, 3.05) is 7.05 Å². The maximum atomic E-state index is 11.7. The van der Waals surface area contributed by atoms with Gasteiger partial charge in [-0.2, -0.15) is 0 Å². The number of hydrogen-bond donors (Lipinski definition) is 1. The van der Waals surface area contributed by atoms with E-state index in [0.717, 1.165) is 21.8 Å². The Morgan fingerprint density at radius 1 is 1.05 bits per heavy atom. The third-order valence-corrected chi connectivity index (χ3v) is 3.49. The largest absolute Gasteiger partial charge is 0.358 e. The summed E-state index contributed by atoms with van der Waals surface area (Å²) in [7, 11) is 13.4. The summed E-state index contributed by atoms with van der Waals surface area (Å²) in [5.74, 6) is -0.0440. The van der Waals surface area contributed by atoms with Crippen molar-refractivity contribution < 1.29 is 4.79 Å². The molecule has 4 radical (unpaired) electrons. The van der Waals surface area contributed by atoms with Gasteiger partial charge >= 0.3 is 0 Å². The van der Waals surface area contributed by atoms with Crippen LogP contribution in [0.3, 0.4) is 0 Å². The van der Waals surface area contributed by atoms with E-state index in [4.69, 9.17) is 15.7 Å². The molecule has 1 amide bonds. The second-order valence-electron chi connectivity index (χ2n) is 4.81. The van der Waals surface area contributed by atoms with E-state index in [-0.39, 0.29) is 12.5 Å². The molecule has 3 aromatic rings. The molecule has 0 saturated heterocycles. The smallest absolute Gasteiger partial charge is 0.239 e. The Labute approximate surface area is 119 Å². The predicted octanol–water partition coefficient (Wildman–Crippen LogP) is 0.128. The van der Waals surface area contributed by atoms with Gasteiger partial charge in [0.1, 0.15) is 22.2 Å². The van der Waals surface area contributed by atoms with Crippen LogP contribution in [-0.4, -0.2) is 33.2 Å². The Morgan fingerprint density at radius 2 is 1.55 bits per heavy atom. The third kappa shape index (κ3) is 1.99. The molecule has 0 fully saturated rings. The van der Waals surface area contributed by atoms with Crippen molar-refractivity contribution >= 4 is 54.3 Å². The van der Waals surface area contributed by atoms with Gasteiger partial charge in [-0.05, 0) is 12.1 Å². The molecule has 20 heavy (non-hydrogen) atoms. The molecule has 1 aromatic heterocycles. The predicted molar refractivity (Wildman–Crippen MR) is 84.3 cm³/mol. The normalized spacial score (nSPS) is 11.1. The fourth-order valence-electron chi connectivity index (χ4n) is 2.53. The number of nitrogens with zero attached hydrogens (tertiary/aromatic N) is 1. The molecule has 0 aliphatic carbocycles. The molecule has 0 saturated carbocycles. The number of carbonyl (C=O) groups excluding carboxylic acids is 1. The molecule has 0 aliphatic rings. The number of benzene rings is 2. The lowest BCUT2D eigenvalue weighted by Gasteiger charge is -2.06. The molecule has 1 N–H and O–H groups in total. The monoisotopic (exact) mass is 258 g/mol. The van der Waals surface area contributed by atoms with Crippen molar-refractivity contribution in [3.8, 4) is 0 Å². The van der Waals surface area contributed by atoms with Gasteiger partial charge in [0.2, 0.25) is 5.91 Å². The number of aromatic nitrogens is 1. The van der Waals surface area contributed by atoms with Crippen LogP contribution in [0.25, 0.3) is 21.8 Å². The summed E-state index contributed by atoms with van der Waals surface area (Å²) in [6.45, 7) is 0.268. The average Bonchev–Trinajstić information content (AvgIpc) is 2.72. The van der Waals surface area contributed by atoms with Gasteiger partial charge in [0.25, 0.3) is 0 Å². The highest BCUT2D eigenvalue weighted by molar-refractivity contribution is 6.35.